The summed E-state index contributed by atoms with van der Waals surface area (Å²) < 4.78 is 0. The Morgan fingerprint density at radius 3 is 2.50 bits per heavy atom. The van der Waals surface area contributed by atoms with Gasteiger partial charge >= 0.3 is 0 Å². The SMILES string of the molecule is CCC(CC)CN1CCCNC(C(C)C)C1. The van der Waals surface area contributed by atoms with Crippen molar-refractivity contribution in [1.29, 1.82) is 0 Å². The summed E-state index contributed by atoms with van der Waals surface area (Å²) in [5, 5.41) is 3.68. The molecule has 16 heavy (non-hydrogen) atoms. The van der Waals surface area contributed by atoms with Gasteiger partial charge in [0.25, 0.3) is 0 Å². The first-order valence-electron chi connectivity index (χ1n) is 7.13. The number of rotatable bonds is 5. The van der Waals surface area contributed by atoms with Gasteiger partial charge in [-0.1, -0.05) is 40.5 Å². The van der Waals surface area contributed by atoms with Crippen LogP contribution in [0.25, 0.3) is 0 Å². The molecule has 1 aliphatic rings. The summed E-state index contributed by atoms with van der Waals surface area (Å²) in [6.45, 7) is 14.3. The van der Waals surface area contributed by atoms with Gasteiger partial charge in [-0.2, -0.15) is 0 Å². The number of nitrogens with one attached hydrogen (secondary N) is 1. The predicted molar refractivity (Wildman–Crippen MR) is 71.8 cm³/mol. The number of hydrogen-bond donors (Lipinski definition) is 1. The zero-order chi connectivity index (χ0) is 12.0. The highest BCUT2D eigenvalue weighted by molar-refractivity contribution is 4.79. The lowest BCUT2D eigenvalue weighted by Crippen LogP contribution is -2.42. The first-order valence-corrected chi connectivity index (χ1v) is 7.13. The van der Waals surface area contributed by atoms with E-state index in [4.69, 9.17) is 0 Å². The Morgan fingerprint density at radius 1 is 1.25 bits per heavy atom. The number of nitrogens with zero attached hydrogens (tertiary/aromatic N) is 1. The second kappa shape index (κ2) is 7.29. The molecule has 2 heteroatoms. The van der Waals surface area contributed by atoms with Crippen molar-refractivity contribution in [1.82, 2.24) is 10.2 Å². The molecule has 1 unspecified atom stereocenters. The maximum absolute atomic E-state index is 3.68. The molecular formula is C14H30N2. The lowest BCUT2D eigenvalue weighted by molar-refractivity contribution is 0.206. The molecule has 0 aliphatic carbocycles. The number of hydrogen-bond acceptors (Lipinski definition) is 2. The highest BCUT2D eigenvalue weighted by Gasteiger charge is 2.21. The van der Waals surface area contributed by atoms with Crippen LogP contribution in [0.4, 0.5) is 0 Å². The second-order valence-corrected chi connectivity index (χ2v) is 5.60. The van der Waals surface area contributed by atoms with Crippen LogP contribution in [0, 0.1) is 11.8 Å². The summed E-state index contributed by atoms with van der Waals surface area (Å²) in [6.07, 6.45) is 3.96. The van der Waals surface area contributed by atoms with E-state index >= 15 is 0 Å². The Hall–Kier alpha value is -0.0800. The van der Waals surface area contributed by atoms with Crippen molar-refractivity contribution in [2.24, 2.45) is 11.8 Å². The Kier molecular flexibility index (Phi) is 6.37. The molecule has 0 saturated carbocycles. The zero-order valence-corrected chi connectivity index (χ0v) is 11.6. The van der Waals surface area contributed by atoms with Crippen molar-refractivity contribution in [3.05, 3.63) is 0 Å². The largest absolute Gasteiger partial charge is 0.312 e. The van der Waals surface area contributed by atoms with Crippen LogP contribution < -0.4 is 5.32 Å². The summed E-state index contributed by atoms with van der Waals surface area (Å²) in [7, 11) is 0. The van der Waals surface area contributed by atoms with Gasteiger partial charge in [0.15, 0.2) is 0 Å². The molecule has 0 aromatic carbocycles. The van der Waals surface area contributed by atoms with Gasteiger partial charge in [-0.15, -0.1) is 0 Å². The van der Waals surface area contributed by atoms with Gasteiger partial charge < -0.3 is 10.2 Å². The van der Waals surface area contributed by atoms with Crippen molar-refractivity contribution in [2.45, 2.75) is 53.0 Å². The van der Waals surface area contributed by atoms with Gasteiger partial charge in [0.05, 0.1) is 0 Å². The average Bonchev–Trinajstić information content (AvgIpc) is 2.51. The molecule has 1 aliphatic heterocycles. The van der Waals surface area contributed by atoms with E-state index in [0.29, 0.717) is 6.04 Å². The van der Waals surface area contributed by atoms with E-state index in [0.717, 1.165) is 11.8 Å². The zero-order valence-electron chi connectivity index (χ0n) is 11.6. The van der Waals surface area contributed by atoms with Crippen LogP contribution >= 0.6 is 0 Å². The molecule has 1 saturated heterocycles. The topological polar surface area (TPSA) is 15.3 Å². The van der Waals surface area contributed by atoms with Crippen molar-refractivity contribution >= 4 is 0 Å². The van der Waals surface area contributed by atoms with Gasteiger partial charge in [0, 0.05) is 19.1 Å². The quantitative estimate of drug-likeness (QED) is 0.775. The standard InChI is InChI=1S/C14H30N2/c1-5-13(6-2)10-16-9-7-8-15-14(11-16)12(3)4/h12-15H,5-11H2,1-4H3. The van der Waals surface area contributed by atoms with E-state index in [9.17, 15) is 0 Å². The molecule has 0 bridgehead atoms. The molecule has 1 fully saturated rings. The minimum absolute atomic E-state index is 0.692. The van der Waals surface area contributed by atoms with Crippen molar-refractivity contribution in [3.8, 4) is 0 Å². The fourth-order valence-corrected chi connectivity index (χ4v) is 2.55. The van der Waals surface area contributed by atoms with E-state index in [-0.39, 0.29) is 0 Å². The first kappa shape index (κ1) is 14.0. The van der Waals surface area contributed by atoms with Gasteiger partial charge in [-0.25, -0.2) is 0 Å². The fraction of sp³-hybridized carbons (Fsp3) is 1.00. The van der Waals surface area contributed by atoms with E-state index in [1.165, 1.54) is 45.4 Å². The van der Waals surface area contributed by atoms with Gasteiger partial charge in [-0.3, -0.25) is 0 Å². The Bertz CT molecular complexity index is 176. The molecular weight excluding hydrogens is 196 g/mol. The highest BCUT2D eigenvalue weighted by atomic mass is 15.2. The van der Waals surface area contributed by atoms with E-state index in [1.807, 2.05) is 0 Å². The molecule has 0 radical (unpaired) electrons. The third-order valence-electron chi connectivity index (χ3n) is 3.99. The minimum atomic E-state index is 0.692. The molecule has 0 spiro atoms. The van der Waals surface area contributed by atoms with Gasteiger partial charge in [0.2, 0.25) is 0 Å². The van der Waals surface area contributed by atoms with Crippen molar-refractivity contribution in [3.63, 3.8) is 0 Å². The maximum atomic E-state index is 3.68. The van der Waals surface area contributed by atoms with E-state index in [2.05, 4.69) is 37.9 Å². The molecule has 1 N–H and O–H groups in total. The molecule has 0 aromatic heterocycles. The lowest BCUT2D eigenvalue weighted by Gasteiger charge is -2.29. The maximum Gasteiger partial charge on any atom is 0.0217 e. The van der Waals surface area contributed by atoms with Gasteiger partial charge in [-0.05, 0) is 31.3 Å². The molecule has 2 nitrogen and oxygen atoms in total. The third-order valence-corrected chi connectivity index (χ3v) is 3.99. The predicted octanol–water partition coefficient (Wildman–Crippen LogP) is 2.74. The van der Waals surface area contributed by atoms with Crippen molar-refractivity contribution < 1.29 is 0 Å². The average molecular weight is 226 g/mol. The third kappa shape index (κ3) is 4.42. The summed E-state index contributed by atoms with van der Waals surface area (Å²) in [6, 6.07) is 0.692. The van der Waals surface area contributed by atoms with Crippen LogP contribution in [0.3, 0.4) is 0 Å². The summed E-state index contributed by atoms with van der Waals surface area (Å²) in [5.41, 5.74) is 0. The second-order valence-electron chi connectivity index (χ2n) is 5.60. The normalized spacial score (nSPS) is 24.0. The molecule has 0 amide bonds. The summed E-state index contributed by atoms with van der Waals surface area (Å²) in [5.74, 6) is 1.65. The fourth-order valence-electron chi connectivity index (χ4n) is 2.55. The van der Waals surface area contributed by atoms with Crippen LogP contribution in [-0.2, 0) is 0 Å². The molecule has 1 heterocycles. The van der Waals surface area contributed by atoms with E-state index < -0.39 is 0 Å². The molecule has 1 rings (SSSR count). The van der Waals surface area contributed by atoms with Crippen LogP contribution in [0.5, 0.6) is 0 Å². The van der Waals surface area contributed by atoms with E-state index in [1.54, 1.807) is 0 Å². The van der Waals surface area contributed by atoms with Crippen molar-refractivity contribution in [2.75, 3.05) is 26.2 Å². The first-order chi connectivity index (χ1) is 7.67. The lowest BCUT2D eigenvalue weighted by atomic mass is 10.0. The Labute approximate surface area is 102 Å². The molecule has 0 aromatic rings. The van der Waals surface area contributed by atoms with Crippen LogP contribution in [0.15, 0.2) is 0 Å². The van der Waals surface area contributed by atoms with Gasteiger partial charge in [0.1, 0.15) is 0 Å². The molecule has 96 valence electrons. The molecule has 1 atom stereocenters. The highest BCUT2D eigenvalue weighted by Crippen LogP contribution is 2.14. The Morgan fingerprint density at radius 2 is 1.94 bits per heavy atom. The minimum Gasteiger partial charge on any atom is -0.312 e. The van der Waals surface area contributed by atoms with Crippen LogP contribution in [0.1, 0.15) is 47.0 Å². The Balaban J connectivity index is 2.44. The monoisotopic (exact) mass is 226 g/mol. The van der Waals surface area contributed by atoms with Crippen LogP contribution in [0.2, 0.25) is 0 Å². The van der Waals surface area contributed by atoms with Crippen LogP contribution in [-0.4, -0.2) is 37.1 Å². The summed E-state index contributed by atoms with van der Waals surface area (Å²) in [4.78, 5) is 2.68. The summed E-state index contributed by atoms with van der Waals surface area (Å²) >= 11 is 0. The smallest absolute Gasteiger partial charge is 0.0217 e.